The van der Waals surface area contributed by atoms with Crippen LogP contribution in [0, 0.1) is 5.82 Å². The van der Waals surface area contributed by atoms with Gasteiger partial charge in [0, 0.05) is 34.1 Å². The molecule has 0 aliphatic heterocycles. The number of hydrogen-bond donors (Lipinski definition) is 2. The molecule has 0 saturated heterocycles. The molecule has 2 aromatic heterocycles. The molecule has 4 rings (SSSR count). The van der Waals surface area contributed by atoms with Gasteiger partial charge in [0.2, 0.25) is 0 Å². The Morgan fingerprint density at radius 3 is 2.58 bits per heavy atom. The van der Waals surface area contributed by atoms with Gasteiger partial charge in [-0.3, -0.25) is 9.36 Å². The smallest absolute Gasteiger partial charge is 0.176 e. The molecular formula is C21H17Cl2FN6S. The molecule has 0 saturated carbocycles. The average molecular weight is 475 g/mol. The van der Waals surface area contributed by atoms with Gasteiger partial charge in [0.25, 0.3) is 0 Å². The Morgan fingerprint density at radius 1 is 0.968 bits per heavy atom. The molecule has 0 spiro atoms. The molecule has 2 heterocycles. The van der Waals surface area contributed by atoms with Crippen LogP contribution in [0.15, 0.2) is 67.1 Å². The number of nitrogens with zero attached hydrogens (tertiary/aromatic N) is 4. The number of hydrogen-bond acceptors (Lipinski definition) is 3. The summed E-state index contributed by atoms with van der Waals surface area (Å²) in [6.07, 6.45) is 5.15. The average Bonchev–Trinajstić information content (AvgIpc) is 3.36. The van der Waals surface area contributed by atoms with Crippen molar-refractivity contribution in [1.82, 2.24) is 19.6 Å². The molecule has 31 heavy (non-hydrogen) atoms. The first kappa shape index (κ1) is 21.3. The molecule has 0 aliphatic carbocycles. The van der Waals surface area contributed by atoms with Crippen LogP contribution in [-0.4, -0.2) is 24.7 Å². The fraction of sp³-hybridized carbons (Fsp3) is 0.0952. The number of anilines is 2. The minimum Gasteiger partial charge on any atom is -0.330 e. The van der Waals surface area contributed by atoms with Crippen molar-refractivity contribution in [2.75, 3.05) is 10.6 Å². The van der Waals surface area contributed by atoms with Crippen LogP contribution in [0.4, 0.5) is 15.9 Å². The van der Waals surface area contributed by atoms with Crippen LogP contribution in [0.1, 0.15) is 11.1 Å². The Hall–Kier alpha value is -2.94. The van der Waals surface area contributed by atoms with Crippen LogP contribution >= 0.6 is 35.4 Å². The highest BCUT2D eigenvalue weighted by molar-refractivity contribution is 7.80. The molecule has 0 amide bonds. The van der Waals surface area contributed by atoms with Gasteiger partial charge >= 0.3 is 0 Å². The third kappa shape index (κ3) is 5.41. The van der Waals surface area contributed by atoms with Crippen molar-refractivity contribution in [2.45, 2.75) is 13.1 Å². The van der Waals surface area contributed by atoms with Crippen molar-refractivity contribution >= 4 is 52.0 Å². The SMILES string of the molecule is Fc1cccc(Cl)c1Cn1cc(NC(=S)Nc2ccn(Cc3ccccc3Cl)n2)cn1. The van der Waals surface area contributed by atoms with Crippen molar-refractivity contribution in [3.63, 3.8) is 0 Å². The number of nitrogens with one attached hydrogen (secondary N) is 2. The Morgan fingerprint density at radius 2 is 1.77 bits per heavy atom. The van der Waals surface area contributed by atoms with Crippen molar-refractivity contribution in [3.8, 4) is 0 Å². The zero-order valence-electron chi connectivity index (χ0n) is 16.1. The van der Waals surface area contributed by atoms with Gasteiger partial charge in [-0.2, -0.15) is 10.2 Å². The summed E-state index contributed by atoms with van der Waals surface area (Å²) in [4.78, 5) is 0. The molecule has 0 fully saturated rings. The maximum atomic E-state index is 14.0. The lowest BCUT2D eigenvalue weighted by Gasteiger charge is -2.07. The Labute approximate surface area is 193 Å². The minimum absolute atomic E-state index is 0.208. The summed E-state index contributed by atoms with van der Waals surface area (Å²) in [7, 11) is 0. The first-order valence-electron chi connectivity index (χ1n) is 9.28. The van der Waals surface area contributed by atoms with Gasteiger partial charge in [-0.05, 0) is 36.0 Å². The number of halogens is 3. The molecule has 0 radical (unpaired) electrons. The normalized spacial score (nSPS) is 10.8. The van der Waals surface area contributed by atoms with Crippen LogP contribution < -0.4 is 10.6 Å². The van der Waals surface area contributed by atoms with E-state index in [-0.39, 0.29) is 12.4 Å². The molecule has 0 unspecified atom stereocenters. The zero-order chi connectivity index (χ0) is 21.8. The number of thiocarbonyl (C=S) groups is 1. The maximum absolute atomic E-state index is 14.0. The van der Waals surface area contributed by atoms with E-state index in [1.165, 1.54) is 6.07 Å². The molecule has 158 valence electrons. The molecule has 0 aliphatic rings. The predicted molar refractivity (Wildman–Crippen MR) is 125 cm³/mol. The lowest BCUT2D eigenvalue weighted by molar-refractivity contribution is 0.585. The van der Waals surface area contributed by atoms with E-state index in [0.717, 1.165) is 5.56 Å². The van der Waals surface area contributed by atoms with Gasteiger partial charge in [-0.1, -0.05) is 47.5 Å². The second-order valence-electron chi connectivity index (χ2n) is 6.70. The fourth-order valence-corrected chi connectivity index (χ4v) is 3.60. The lowest BCUT2D eigenvalue weighted by Crippen LogP contribution is -2.19. The second-order valence-corrected chi connectivity index (χ2v) is 7.92. The summed E-state index contributed by atoms with van der Waals surface area (Å²) < 4.78 is 17.3. The van der Waals surface area contributed by atoms with Gasteiger partial charge in [-0.25, -0.2) is 4.39 Å². The number of rotatable bonds is 6. The van der Waals surface area contributed by atoms with Gasteiger partial charge in [0.1, 0.15) is 5.82 Å². The van der Waals surface area contributed by atoms with Gasteiger partial charge in [0.15, 0.2) is 10.9 Å². The topological polar surface area (TPSA) is 59.7 Å². The van der Waals surface area contributed by atoms with E-state index in [1.807, 2.05) is 36.5 Å². The highest BCUT2D eigenvalue weighted by Gasteiger charge is 2.10. The van der Waals surface area contributed by atoms with E-state index < -0.39 is 0 Å². The molecule has 2 N–H and O–H groups in total. The van der Waals surface area contributed by atoms with Crippen molar-refractivity contribution in [3.05, 3.63) is 94.1 Å². The van der Waals surface area contributed by atoms with Crippen LogP contribution in [-0.2, 0) is 13.1 Å². The molecule has 10 heteroatoms. The van der Waals surface area contributed by atoms with Crippen LogP contribution in [0.2, 0.25) is 10.0 Å². The highest BCUT2D eigenvalue weighted by Crippen LogP contribution is 2.20. The number of benzene rings is 2. The Kier molecular flexibility index (Phi) is 6.50. The summed E-state index contributed by atoms with van der Waals surface area (Å²) in [5.41, 5.74) is 2.01. The third-order valence-corrected chi connectivity index (χ3v) is 5.37. The van der Waals surface area contributed by atoms with Crippen LogP contribution in [0.25, 0.3) is 0 Å². The van der Waals surface area contributed by atoms with Crippen molar-refractivity contribution in [2.24, 2.45) is 0 Å². The summed E-state index contributed by atoms with van der Waals surface area (Å²) in [5.74, 6) is 0.220. The quantitative estimate of drug-likeness (QED) is 0.364. The molecule has 6 nitrogen and oxygen atoms in total. The third-order valence-electron chi connectivity index (χ3n) is 4.45. The number of aromatic nitrogens is 4. The summed E-state index contributed by atoms with van der Waals surface area (Å²) in [6, 6.07) is 14.0. The Bertz CT molecular complexity index is 1200. The standard InChI is InChI=1S/C21H17Cl2FN6S/c22-17-5-2-1-4-14(17)11-29-9-8-20(28-29)27-21(31)26-15-10-25-30(12-15)13-16-18(23)6-3-7-19(16)24/h1-10,12H,11,13H2,(H2,26,27,28,31). The highest BCUT2D eigenvalue weighted by atomic mass is 35.5. The van der Waals surface area contributed by atoms with Gasteiger partial charge < -0.3 is 10.6 Å². The Balaban J connectivity index is 1.35. The first-order chi connectivity index (χ1) is 15.0. The monoisotopic (exact) mass is 474 g/mol. The lowest BCUT2D eigenvalue weighted by atomic mass is 10.2. The molecule has 0 bridgehead atoms. The molecule has 0 atom stereocenters. The van der Waals surface area contributed by atoms with Crippen molar-refractivity contribution in [1.29, 1.82) is 0 Å². The van der Waals surface area contributed by atoms with Gasteiger partial charge in [0.05, 0.1) is 25.0 Å². The minimum atomic E-state index is -0.373. The van der Waals surface area contributed by atoms with Crippen LogP contribution in [0.3, 0.4) is 0 Å². The summed E-state index contributed by atoms with van der Waals surface area (Å²) in [6.45, 7) is 0.757. The van der Waals surface area contributed by atoms with E-state index in [1.54, 1.807) is 33.9 Å². The predicted octanol–water partition coefficient (Wildman–Crippen LogP) is 5.43. The molecule has 4 aromatic rings. The van der Waals surface area contributed by atoms with Crippen molar-refractivity contribution < 1.29 is 4.39 Å². The largest absolute Gasteiger partial charge is 0.330 e. The van der Waals surface area contributed by atoms with E-state index in [9.17, 15) is 4.39 Å². The van der Waals surface area contributed by atoms with Crippen LogP contribution in [0.5, 0.6) is 0 Å². The first-order valence-corrected chi connectivity index (χ1v) is 10.4. The van der Waals surface area contributed by atoms with E-state index in [2.05, 4.69) is 20.8 Å². The van der Waals surface area contributed by atoms with E-state index in [4.69, 9.17) is 35.4 Å². The fourth-order valence-electron chi connectivity index (χ4n) is 2.96. The molecular weight excluding hydrogens is 458 g/mol. The zero-order valence-corrected chi connectivity index (χ0v) is 18.4. The molecule has 2 aromatic carbocycles. The summed E-state index contributed by atoms with van der Waals surface area (Å²) in [5, 5.41) is 16.1. The van der Waals surface area contributed by atoms with Gasteiger partial charge in [-0.15, -0.1) is 0 Å². The second kappa shape index (κ2) is 9.47. The van der Waals surface area contributed by atoms with E-state index in [0.29, 0.717) is 38.8 Å². The maximum Gasteiger partial charge on any atom is 0.176 e. The summed E-state index contributed by atoms with van der Waals surface area (Å²) >= 11 is 17.6. The van der Waals surface area contributed by atoms with E-state index >= 15 is 0 Å².